The van der Waals surface area contributed by atoms with E-state index in [0.29, 0.717) is 6.04 Å². The van der Waals surface area contributed by atoms with Crippen LogP contribution in [0.5, 0.6) is 0 Å². The van der Waals surface area contributed by atoms with E-state index < -0.39 is 0 Å². The molecule has 0 saturated heterocycles. The highest BCUT2D eigenvalue weighted by atomic mass is 15.2. The Morgan fingerprint density at radius 2 is 2.00 bits per heavy atom. The van der Waals surface area contributed by atoms with Gasteiger partial charge in [0, 0.05) is 18.1 Å². The molecule has 0 radical (unpaired) electrons. The van der Waals surface area contributed by atoms with Crippen LogP contribution in [-0.2, 0) is 0 Å². The number of nitrogens with zero attached hydrogens (tertiary/aromatic N) is 1. The Hall–Kier alpha value is -0.0800. The number of hydrogen-bond donors (Lipinski definition) is 1. The second kappa shape index (κ2) is 3.97. The molecule has 13 heavy (non-hydrogen) atoms. The van der Waals surface area contributed by atoms with Gasteiger partial charge in [0.25, 0.3) is 0 Å². The topological polar surface area (TPSA) is 29.3 Å². The molecule has 1 unspecified atom stereocenters. The van der Waals surface area contributed by atoms with Crippen molar-refractivity contribution in [1.29, 1.82) is 0 Å². The Kier molecular flexibility index (Phi) is 3.36. The number of likely N-dealkylation sites (N-methyl/N-ethyl adjacent to an activating group) is 1. The number of nitrogens with two attached hydrogens (primary N) is 1. The van der Waals surface area contributed by atoms with Gasteiger partial charge >= 0.3 is 0 Å². The van der Waals surface area contributed by atoms with Gasteiger partial charge in [0.2, 0.25) is 0 Å². The maximum Gasteiger partial charge on any atom is 0.0283 e. The first-order valence-electron chi connectivity index (χ1n) is 5.50. The molecule has 0 aromatic carbocycles. The van der Waals surface area contributed by atoms with E-state index in [0.717, 1.165) is 19.0 Å². The zero-order valence-corrected chi connectivity index (χ0v) is 9.51. The minimum Gasteiger partial charge on any atom is -0.324 e. The summed E-state index contributed by atoms with van der Waals surface area (Å²) in [6.07, 6.45) is 2.67. The molecule has 2 N–H and O–H groups in total. The zero-order valence-electron chi connectivity index (χ0n) is 9.51. The lowest BCUT2D eigenvalue weighted by molar-refractivity contribution is 0.173. The Balaban J connectivity index is 2.43. The fraction of sp³-hybridized carbons (Fsp3) is 1.00. The molecular weight excluding hydrogens is 160 g/mol. The van der Waals surface area contributed by atoms with E-state index >= 15 is 0 Å². The van der Waals surface area contributed by atoms with Crippen LogP contribution in [0.4, 0.5) is 0 Å². The highest BCUT2D eigenvalue weighted by molar-refractivity contribution is 4.97. The van der Waals surface area contributed by atoms with E-state index in [2.05, 4.69) is 32.6 Å². The molecule has 0 bridgehead atoms. The fourth-order valence-electron chi connectivity index (χ4n) is 1.97. The number of rotatable bonds is 5. The van der Waals surface area contributed by atoms with Crippen molar-refractivity contribution in [3.8, 4) is 0 Å². The molecule has 0 aromatic rings. The van der Waals surface area contributed by atoms with Crippen LogP contribution in [-0.4, -0.2) is 29.6 Å². The molecular formula is C11H24N2. The normalized spacial score (nSPS) is 22.4. The van der Waals surface area contributed by atoms with Gasteiger partial charge in [-0.15, -0.1) is 0 Å². The first-order valence-corrected chi connectivity index (χ1v) is 5.50. The van der Waals surface area contributed by atoms with Gasteiger partial charge in [0.15, 0.2) is 0 Å². The van der Waals surface area contributed by atoms with Gasteiger partial charge in [-0.2, -0.15) is 0 Å². The smallest absolute Gasteiger partial charge is 0.0283 e. The van der Waals surface area contributed by atoms with E-state index in [1.54, 1.807) is 0 Å². The minimum absolute atomic E-state index is 0.0419. The predicted molar refractivity (Wildman–Crippen MR) is 57.7 cm³/mol. The third kappa shape index (κ3) is 2.96. The van der Waals surface area contributed by atoms with Crippen molar-refractivity contribution >= 4 is 0 Å². The fourth-order valence-corrected chi connectivity index (χ4v) is 1.97. The molecule has 2 nitrogen and oxygen atoms in total. The Bertz CT molecular complexity index is 159. The zero-order chi connectivity index (χ0) is 10.1. The summed E-state index contributed by atoms with van der Waals surface area (Å²) in [5.74, 6) is 0.778. The molecule has 1 rings (SSSR count). The molecule has 2 heteroatoms. The van der Waals surface area contributed by atoms with Crippen LogP contribution >= 0.6 is 0 Å². The number of hydrogen-bond acceptors (Lipinski definition) is 2. The summed E-state index contributed by atoms with van der Waals surface area (Å²) >= 11 is 0. The quantitative estimate of drug-likeness (QED) is 0.706. The molecule has 0 aliphatic heterocycles. The second-order valence-corrected chi connectivity index (χ2v) is 4.94. The Morgan fingerprint density at radius 3 is 2.31 bits per heavy atom. The average molecular weight is 184 g/mol. The van der Waals surface area contributed by atoms with Crippen molar-refractivity contribution in [2.24, 2.45) is 11.7 Å². The summed E-state index contributed by atoms with van der Waals surface area (Å²) in [5, 5.41) is 0. The van der Waals surface area contributed by atoms with Crippen LogP contribution in [0.25, 0.3) is 0 Å². The van der Waals surface area contributed by atoms with Crippen LogP contribution in [0, 0.1) is 5.92 Å². The van der Waals surface area contributed by atoms with E-state index in [1.165, 1.54) is 12.8 Å². The lowest BCUT2D eigenvalue weighted by Crippen LogP contribution is -2.51. The molecule has 1 fully saturated rings. The van der Waals surface area contributed by atoms with E-state index in [4.69, 9.17) is 5.73 Å². The lowest BCUT2D eigenvalue weighted by Gasteiger charge is -2.34. The van der Waals surface area contributed by atoms with Crippen molar-refractivity contribution in [2.45, 2.75) is 52.1 Å². The molecule has 1 saturated carbocycles. The Morgan fingerprint density at radius 1 is 1.46 bits per heavy atom. The SMILES string of the molecule is CCN(CC(C)(N)C1CC1)C(C)C. The summed E-state index contributed by atoms with van der Waals surface area (Å²) < 4.78 is 0. The van der Waals surface area contributed by atoms with E-state index in [1.807, 2.05) is 0 Å². The largest absolute Gasteiger partial charge is 0.324 e. The molecule has 78 valence electrons. The summed E-state index contributed by atoms with van der Waals surface area (Å²) in [6.45, 7) is 11.1. The summed E-state index contributed by atoms with van der Waals surface area (Å²) in [7, 11) is 0. The average Bonchev–Trinajstić information content (AvgIpc) is 2.81. The monoisotopic (exact) mass is 184 g/mol. The molecule has 0 spiro atoms. The van der Waals surface area contributed by atoms with Crippen LogP contribution in [0.3, 0.4) is 0 Å². The van der Waals surface area contributed by atoms with Gasteiger partial charge in [-0.1, -0.05) is 6.92 Å². The van der Waals surface area contributed by atoms with Gasteiger partial charge in [-0.05, 0) is 46.1 Å². The first-order chi connectivity index (χ1) is 5.97. The van der Waals surface area contributed by atoms with Gasteiger partial charge in [0.1, 0.15) is 0 Å². The molecule has 1 aliphatic carbocycles. The van der Waals surface area contributed by atoms with Crippen LogP contribution in [0.15, 0.2) is 0 Å². The highest BCUT2D eigenvalue weighted by Crippen LogP contribution is 2.38. The molecule has 0 aromatic heterocycles. The predicted octanol–water partition coefficient (Wildman–Crippen LogP) is 1.84. The van der Waals surface area contributed by atoms with Crippen LogP contribution < -0.4 is 5.73 Å². The van der Waals surface area contributed by atoms with Crippen LogP contribution in [0.2, 0.25) is 0 Å². The molecule has 1 atom stereocenters. The van der Waals surface area contributed by atoms with Crippen molar-refractivity contribution in [2.75, 3.05) is 13.1 Å². The minimum atomic E-state index is 0.0419. The maximum absolute atomic E-state index is 6.29. The van der Waals surface area contributed by atoms with E-state index in [-0.39, 0.29) is 5.54 Å². The first kappa shape index (κ1) is 11.0. The van der Waals surface area contributed by atoms with Crippen molar-refractivity contribution < 1.29 is 0 Å². The summed E-state index contributed by atoms with van der Waals surface area (Å²) in [5.41, 5.74) is 6.34. The molecule has 0 amide bonds. The van der Waals surface area contributed by atoms with Crippen molar-refractivity contribution in [3.63, 3.8) is 0 Å². The van der Waals surface area contributed by atoms with E-state index in [9.17, 15) is 0 Å². The highest BCUT2D eigenvalue weighted by Gasteiger charge is 2.39. The molecule has 0 heterocycles. The summed E-state index contributed by atoms with van der Waals surface area (Å²) in [6, 6.07) is 0.617. The van der Waals surface area contributed by atoms with Gasteiger partial charge in [0.05, 0.1) is 0 Å². The van der Waals surface area contributed by atoms with Gasteiger partial charge in [-0.3, -0.25) is 4.90 Å². The van der Waals surface area contributed by atoms with Gasteiger partial charge < -0.3 is 5.73 Å². The van der Waals surface area contributed by atoms with Gasteiger partial charge in [-0.25, -0.2) is 0 Å². The Labute approximate surface area is 82.5 Å². The van der Waals surface area contributed by atoms with Crippen molar-refractivity contribution in [3.05, 3.63) is 0 Å². The molecule has 1 aliphatic rings. The lowest BCUT2D eigenvalue weighted by atomic mass is 9.96. The third-order valence-electron chi connectivity index (χ3n) is 3.19. The van der Waals surface area contributed by atoms with Crippen molar-refractivity contribution in [1.82, 2.24) is 4.90 Å². The summed E-state index contributed by atoms with van der Waals surface area (Å²) in [4.78, 5) is 2.46. The van der Waals surface area contributed by atoms with Crippen LogP contribution in [0.1, 0.15) is 40.5 Å². The third-order valence-corrected chi connectivity index (χ3v) is 3.19. The second-order valence-electron chi connectivity index (χ2n) is 4.94. The maximum atomic E-state index is 6.29. The standard InChI is InChI=1S/C11H24N2/c1-5-13(9(2)3)8-11(4,12)10-6-7-10/h9-10H,5-8,12H2,1-4H3.